The Hall–Kier alpha value is -3.01. The van der Waals surface area contributed by atoms with E-state index in [0.29, 0.717) is 42.4 Å². The third kappa shape index (κ3) is 4.04. The number of halogens is 1. The van der Waals surface area contributed by atoms with Crippen molar-refractivity contribution in [1.82, 2.24) is 9.91 Å². The standard InChI is InChI=1S/C25H26FN3O5/c26-19-3-1-2-17(12-19)20-14-21(18-4-5-22-23(13-18)32-16-31-22)29(27-20)24(30)15-28-8-6-25(7-9-28)33-10-11-34-25/h1-5,12-13,21H,6-11,14-16H2. The summed E-state index contributed by atoms with van der Waals surface area (Å²) in [7, 11) is 0. The number of nitrogens with zero attached hydrogens (tertiary/aromatic N) is 3. The molecule has 34 heavy (non-hydrogen) atoms. The van der Waals surface area contributed by atoms with Gasteiger partial charge in [-0.25, -0.2) is 9.40 Å². The Morgan fingerprint density at radius 1 is 1.06 bits per heavy atom. The molecule has 0 aromatic heterocycles. The van der Waals surface area contributed by atoms with Crippen molar-refractivity contribution in [2.45, 2.75) is 31.1 Å². The molecule has 4 aliphatic heterocycles. The number of hydrogen-bond acceptors (Lipinski definition) is 7. The summed E-state index contributed by atoms with van der Waals surface area (Å²) in [6.45, 7) is 3.12. The molecule has 2 aromatic carbocycles. The summed E-state index contributed by atoms with van der Waals surface area (Å²) < 4.78 is 36.5. The van der Waals surface area contributed by atoms with Crippen molar-refractivity contribution in [3.63, 3.8) is 0 Å². The van der Waals surface area contributed by atoms with Crippen molar-refractivity contribution in [1.29, 1.82) is 0 Å². The average molecular weight is 467 g/mol. The Balaban J connectivity index is 1.23. The lowest BCUT2D eigenvalue weighted by Gasteiger charge is -2.37. The molecule has 0 bridgehead atoms. The first-order chi connectivity index (χ1) is 16.6. The maximum absolute atomic E-state index is 13.9. The van der Waals surface area contributed by atoms with Gasteiger partial charge in [-0.3, -0.25) is 9.69 Å². The van der Waals surface area contributed by atoms with Crippen molar-refractivity contribution in [3.05, 3.63) is 59.4 Å². The molecular formula is C25H26FN3O5. The zero-order valence-electron chi connectivity index (χ0n) is 18.7. The fourth-order valence-corrected chi connectivity index (χ4v) is 5.06. The van der Waals surface area contributed by atoms with Crippen LogP contribution in [-0.4, -0.2) is 67.0 Å². The van der Waals surface area contributed by atoms with Crippen molar-refractivity contribution in [2.75, 3.05) is 39.6 Å². The summed E-state index contributed by atoms with van der Waals surface area (Å²) in [5.74, 6) is 0.429. The van der Waals surface area contributed by atoms with Crippen LogP contribution in [0, 0.1) is 5.82 Å². The quantitative estimate of drug-likeness (QED) is 0.688. The van der Waals surface area contributed by atoms with Gasteiger partial charge in [-0.05, 0) is 29.8 Å². The van der Waals surface area contributed by atoms with Crippen LogP contribution in [0.15, 0.2) is 47.6 Å². The van der Waals surface area contributed by atoms with Crippen LogP contribution in [-0.2, 0) is 14.3 Å². The maximum Gasteiger partial charge on any atom is 0.257 e. The molecular weight excluding hydrogens is 441 g/mol. The van der Waals surface area contributed by atoms with E-state index in [9.17, 15) is 9.18 Å². The van der Waals surface area contributed by atoms with Crippen molar-refractivity contribution >= 4 is 11.6 Å². The van der Waals surface area contributed by atoms with Gasteiger partial charge in [0.25, 0.3) is 5.91 Å². The van der Waals surface area contributed by atoms with E-state index in [0.717, 1.165) is 31.5 Å². The second-order valence-corrected chi connectivity index (χ2v) is 9.01. The van der Waals surface area contributed by atoms with Crippen LogP contribution in [0.5, 0.6) is 11.5 Å². The first kappa shape index (κ1) is 21.5. The van der Waals surface area contributed by atoms with Gasteiger partial charge in [0.15, 0.2) is 17.3 Å². The van der Waals surface area contributed by atoms with Gasteiger partial charge < -0.3 is 18.9 Å². The second-order valence-electron chi connectivity index (χ2n) is 9.01. The van der Waals surface area contributed by atoms with E-state index in [2.05, 4.69) is 10.0 Å². The summed E-state index contributed by atoms with van der Waals surface area (Å²) in [4.78, 5) is 15.6. The molecule has 1 atom stereocenters. The number of hydrazone groups is 1. The summed E-state index contributed by atoms with van der Waals surface area (Å²) in [5.41, 5.74) is 2.26. The molecule has 178 valence electrons. The van der Waals surface area contributed by atoms with Crippen molar-refractivity contribution in [3.8, 4) is 11.5 Å². The van der Waals surface area contributed by atoms with Crippen molar-refractivity contribution in [2.24, 2.45) is 5.10 Å². The number of hydrogen-bond donors (Lipinski definition) is 0. The minimum Gasteiger partial charge on any atom is -0.454 e. The molecule has 4 aliphatic rings. The zero-order valence-corrected chi connectivity index (χ0v) is 18.7. The summed E-state index contributed by atoms with van der Waals surface area (Å²) in [5, 5.41) is 6.22. The van der Waals surface area contributed by atoms with E-state index < -0.39 is 5.79 Å². The Morgan fingerprint density at radius 3 is 2.65 bits per heavy atom. The molecule has 0 aliphatic carbocycles. The number of likely N-dealkylation sites (tertiary alicyclic amines) is 1. The molecule has 2 saturated heterocycles. The molecule has 0 radical (unpaired) electrons. The van der Waals surface area contributed by atoms with Crippen LogP contribution in [0.3, 0.4) is 0 Å². The number of fused-ring (bicyclic) bond motifs is 1. The van der Waals surface area contributed by atoms with Crippen LogP contribution in [0.4, 0.5) is 4.39 Å². The Kier molecular flexibility index (Phi) is 5.47. The number of carbonyl (C=O) groups excluding carboxylic acids is 1. The van der Waals surface area contributed by atoms with E-state index >= 15 is 0 Å². The number of benzene rings is 2. The lowest BCUT2D eigenvalue weighted by atomic mass is 9.98. The second kappa shape index (κ2) is 8.65. The first-order valence-electron chi connectivity index (χ1n) is 11.6. The molecule has 8 nitrogen and oxygen atoms in total. The van der Waals surface area contributed by atoms with Gasteiger partial charge in [-0.2, -0.15) is 5.10 Å². The molecule has 2 fully saturated rings. The van der Waals surface area contributed by atoms with E-state index in [1.165, 1.54) is 12.1 Å². The van der Waals surface area contributed by atoms with Gasteiger partial charge in [0, 0.05) is 37.9 Å². The molecule has 1 amide bonds. The topological polar surface area (TPSA) is 72.8 Å². The highest BCUT2D eigenvalue weighted by Crippen LogP contribution is 2.39. The Labute approximate surface area is 196 Å². The summed E-state index contributed by atoms with van der Waals surface area (Å²) >= 11 is 0. The lowest BCUT2D eigenvalue weighted by Crippen LogP contribution is -2.48. The highest BCUT2D eigenvalue weighted by atomic mass is 19.1. The summed E-state index contributed by atoms with van der Waals surface area (Å²) in [6, 6.07) is 11.7. The normalized spacial score (nSPS) is 23.5. The zero-order chi connectivity index (χ0) is 23.1. The van der Waals surface area contributed by atoms with Gasteiger partial charge in [0.05, 0.1) is 31.5 Å². The third-order valence-corrected chi connectivity index (χ3v) is 6.90. The molecule has 6 rings (SSSR count). The van der Waals surface area contributed by atoms with Gasteiger partial charge in [0.1, 0.15) is 5.82 Å². The first-order valence-corrected chi connectivity index (χ1v) is 11.6. The van der Waals surface area contributed by atoms with Gasteiger partial charge in [-0.15, -0.1) is 0 Å². The van der Waals surface area contributed by atoms with Crippen LogP contribution in [0.2, 0.25) is 0 Å². The number of piperidine rings is 1. The Morgan fingerprint density at radius 2 is 1.85 bits per heavy atom. The summed E-state index contributed by atoms with van der Waals surface area (Å²) in [6.07, 6.45) is 1.97. The van der Waals surface area contributed by atoms with Crippen LogP contribution < -0.4 is 9.47 Å². The van der Waals surface area contributed by atoms with Crippen molar-refractivity contribution < 1.29 is 28.1 Å². The lowest BCUT2D eigenvalue weighted by molar-refractivity contribution is -0.186. The van der Waals surface area contributed by atoms with Gasteiger partial charge >= 0.3 is 0 Å². The molecule has 9 heteroatoms. The average Bonchev–Trinajstić information content (AvgIpc) is 3.60. The third-order valence-electron chi connectivity index (χ3n) is 6.90. The molecule has 1 spiro atoms. The molecule has 2 aromatic rings. The monoisotopic (exact) mass is 467 g/mol. The molecule has 1 unspecified atom stereocenters. The fraction of sp³-hybridized carbons (Fsp3) is 0.440. The largest absolute Gasteiger partial charge is 0.454 e. The predicted molar refractivity (Wildman–Crippen MR) is 120 cm³/mol. The van der Waals surface area contributed by atoms with E-state index in [-0.39, 0.29) is 31.1 Å². The molecule has 0 N–H and O–H groups in total. The molecule has 4 heterocycles. The van der Waals surface area contributed by atoms with Crippen LogP contribution in [0.1, 0.15) is 36.4 Å². The number of amides is 1. The number of rotatable bonds is 4. The smallest absolute Gasteiger partial charge is 0.257 e. The minimum absolute atomic E-state index is 0.0988. The van der Waals surface area contributed by atoms with Crippen LogP contribution in [0.25, 0.3) is 0 Å². The van der Waals surface area contributed by atoms with E-state index in [1.54, 1.807) is 11.1 Å². The SMILES string of the molecule is O=C(CN1CCC2(CC1)OCCO2)N1N=C(c2cccc(F)c2)CC1c1ccc2c(c1)OCO2. The van der Waals surface area contributed by atoms with Crippen LogP contribution >= 0.6 is 0 Å². The number of carbonyl (C=O) groups is 1. The highest BCUT2D eigenvalue weighted by Gasteiger charge is 2.41. The van der Waals surface area contributed by atoms with E-state index in [4.69, 9.17) is 18.9 Å². The van der Waals surface area contributed by atoms with Gasteiger partial charge in [-0.1, -0.05) is 18.2 Å². The predicted octanol–water partition coefficient (Wildman–Crippen LogP) is 3.07. The maximum atomic E-state index is 13.9. The fourth-order valence-electron chi connectivity index (χ4n) is 5.06. The minimum atomic E-state index is -0.481. The highest BCUT2D eigenvalue weighted by molar-refractivity contribution is 6.03. The van der Waals surface area contributed by atoms with Gasteiger partial charge in [0.2, 0.25) is 6.79 Å². The molecule has 0 saturated carbocycles. The Bertz CT molecular complexity index is 1120. The number of ether oxygens (including phenoxy) is 4. The van der Waals surface area contributed by atoms with E-state index in [1.807, 2.05) is 24.3 Å².